The number of carbonyl (C=O) groups is 4. The lowest BCUT2D eigenvalue weighted by Crippen LogP contribution is -2.59. The van der Waals surface area contributed by atoms with Gasteiger partial charge in [0.15, 0.2) is 6.61 Å². The van der Waals surface area contributed by atoms with Gasteiger partial charge in [0.2, 0.25) is 17.7 Å². The summed E-state index contributed by atoms with van der Waals surface area (Å²) in [6.07, 6.45) is -5.61. The maximum Gasteiger partial charge on any atom is 0.412 e. The number of hydrogen-bond acceptors (Lipinski definition) is 9. The molecule has 1 spiro atoms. The van der Waals surface area contributed by atoms with E-state index in [0.29, 0.717) is 43.3 Å². The number of rotatable bonds is 17. The molecule has 1 aromatic heterocycles. The third kappa shape index (κ3) is 12.0. The minimum Gasteiger partial charge on any atom is -0.465 e. The summed E-state index contributed by atoms with van der Waals surface area (Å²) in [7, 11) is -3.36. The summed E-state index contributed by atoms with van der Waals surface area (Å²) in [6, 6.07) is 11.1. The lowest BCUT2D eigenvalue weighted by molar-refractivity contribution is -0.154. The summed E-state index contributed by atoms with van der Waals surface area (Å²) in [5.74, 6) is -4.78. The monoisotopic (exact) mass is 987 g/mol. The molecule has 3 saturated heterocycles. The minimum absolute atomic E-state index is 0.0301. The number of benzene rings is 2. The van der Waals surface area contributed by atoms with Crippen LogP contribution in [0, 0.1) is 0 Å². The number of amides is 3. The molecule has 3 amide bonds. The number of likely N-dealkylation sites (tertiary alicyclic amines) is 1. The fraction of sp³-hybridized carbons (Fsp3) is 0.609. The number of halogens is 7. The topological polar surface area (TPSA) is 138 Å². The van der Waals surface area contributed by atoms with Gasteiger partial charge in [-0.2, -0.15) is 26.3 Å². The first-order valence-electron chi connectivity index (χ1n) is 22.8. The smallest absolute Gasteiger partial charge is 0.412 e. The van der Waals surface area contributed by atoms with Crippen LogP contribution in [0.5, 0.6) is 0 Å². The second-order valence-corrected chi connectivity index (χ2v) is 21.7. The van der Waals surface area contributed by atoms with Crippen LogP contribution >= 0.6 is 18.9 Å². The van der Waals surface area contributed by atoms with E-state index >= 15 is 4.39 Å². The highest BCUT2D eigenvalue weighted by molar-refractivity contribution is 7.57. The van der Waals surface area contributed by atoms with Crippen molar-refractivity contribution in [3.63, 3.8) is 0 Å². The van der Waals surface area contributed by atoms with E-state index in [-0.39, 0.29) is 65.2 Å². The van der Waals surface area contributed by atoms with Gasteiger partial charge in [-0.05, 0) is 119 Å². The molecule has 3 aromatic rings. The van der Waals surface area contributed by atoms with Crippen molar-refractivity contribution in [2.45, 2.75) is 144 Å². The predicted molar refractivity (Wildman–Crippen MR) is 237 cm³/mol. The first-order valence-corrected chi connectivity index (χ1v) is 25.3. The quantitative estimate of drug-likeness (QED) is 0.0770. The molecule has 67 heavy (non-hydrogen) atoms. The van der Waals surface area contributed by atoms with Crippen molar-refractivity contribution in [2.75, 3.05) is 33.4 Å². The number of thiophene rings is 1. The third-order valence-electron chi connectivity index (χ3n) is 13.5. The molecule has 21 heteroatoms. The number of carbonyl (C=O) groups excluding carboxylic acids is 4. The van der Waals surface area contributed by atoms with Gasteiger partial charge in [0.25, 0.3) is 5.91 Å². The van der Waals surface area contributed by atoms with Crippen molar-refractivity contribution < 1.29 is 63.7 Å². The molecule has 4 aliphatic rings. The van der Waals surface area contributed by atoms with E-state index in [1.807, 2.05) is 28.0 Å². The zero-order valence-corrected chi connectivity index (χ0v) is 39.3. The third-order valence-corrected chi connectivity index (χ3v) is 16.7. The SMILES string of the molecule is CCCOC(=O)[C@H](C)NP(=O)(OCC(F)(F)F)[C@@H](F)c1ccc2sc(C(=O)N[C@H]3CC[C@H](N(C)CCCC(F)(F)F)C[C@H]4CC[C@@H](C(=O)N5C[C@H](c6ccccc6)CC56CC6)N4C3=O)cc2c1. The number of nitrogens with zero attached hydrogens (tertiary/aromatic N) is 3. The zero-order chi connectivity index (χ0) is 48.5. The molecule has 12 nitrogen and oxygen atoms in total. The van der Waals surface area contributed by atoms with Gasteiger partial charge in [-0.3, -0.25) is 23.7 Å². The van der Waals surface area contributed by atoms with E-state index in [0.717, 1.165) is 43.1 Å². The van der Waals surface area contributed by atoms with Crippen molar-refractivity contribution in [1.82, 2.24) is 25.1 Å². The van der Waals surface area contributed by atoms with Gasteiger partial charge in [-0.1, -0.05) is 43.3 Å². The molecular formula is C46H57F7N5O7PS. The molecule has 1 saturated carbocycles. The van der Waals surface area contributed by atoms with E-state index in [1.54, 1.807) is 18.9 Å². The largest absolute Gasteiger partial charge is 0.465 e. The Bertz CT molecular complexity index is 2310. The van der Waals surface area contributed by atoms with Crippen LogP contribution in [0.15, 0.2) is 54.6 Å². The van der Waals surface area contributed by atoms with Crippen molar-refractivity contribution in [1.29, 1.82) is 0 Å². The number of ether oxygens (including phenoxy) is 1. The van der Waals surface area contributed by atoms with Crippen LogP contribution in [0.4, 0.5) is 30.7 Å². The summed E-state index contributed by atoms with van der Waals surface area (Å²) >= 11 is 0.985. The second-order valence-electron chi connectivity index (χ2n) is 18.4. The molecule has 8 atom stereocenters. The number of hydrogen-bond donors (Lipinski definition) is 2. The van der Waals surface area contributed by atoms with Crippen LogP contribution < -0.4 is 10.4 Å². The maximum absolute atomic E-state index is 16.2. The average molecular weight is 988 g/mol. The van der Waals surface area contributed by atoms with Crippen LogP contribution in [-0.2, 0) is 28.2 Å². The van der Waals surface area contributed by atoms with Crippen LogP contribution in [0.25, 0.3) is 10.1 Å². The molecular weight excluding hydrogens is 931 g/mol. The Balaban J connectivity index is 1.12. The zero-order valence-electron chi connectivity index (χ0n) is 37.5. The summed E-state index contributed by atoms with van der Waals surface area (Å²) < 4.78 is 119. The molecule has 4 heterocycles. The van der Waals surface area contributed by atoms with E-state index in [4.69, 9.17) is 4.74 Å². The average Bonchev–Trinajstić information content (AvgIpc) is 3.56. The Morgan fingerprint density at radius 3 is 2.40 bits per heavy atom. The lowest BCUT2D eigenvalue weighted by atomic mass is 9.93. The number of alkyl halides is 7. The van der Waals surface area contributed by atoms with Gasteiger partial charge in [0.05, 0.1) is 11.5 Å². The minimum atomic E-state index is -5.11. The fourth-order valence-corrected chi connectivity index (χ4v) is 12.7. The van der Waals surface area contributed by atoms with Crippen LogP contribution in [0.1, 0.15) is 117 Å². The highest BCUT2D eigenvalue weighted by atomic mass is 32.1. The van der Waals surface area contributed by atoms with E-state index in [2.05, 4.69) is 27.1 Å². The first kappa shape index (κ1) is 50.8. The van der Waals surface area contributed by atoms with Gasteiger partial charge in [0.1, 0.15) is 18.1 Å². The fourth-order valence-electron chi connectivity index (χ4n) is 9.88. The molecule has 4 fully saturated rings. The molecule has 2 N–H and O–H groups in total. The highest BCUT2D eigenvalue weighted by Crippen LogP contribution is 2.59. The molecule has 1 aliphatic carbocycles. The molecule has 1 unspecified atom stereocenters. The Labute approximate surface area is 388 Å². The number of fused-ring (bicyclic) bond motifs is 2. The predicted octanol–water partition coefficient (Wildman–Crippen LogP) is 9.41. The van der Waals surface area contributed by atoms with Crippen LogP contribution in [-0.4, -0.2) is 120 Å². The maximum atomic E-state index is 16.2. The van der Waals surface area contributed by atoms with Crippen LogP contribution in [0.2, 0.25) is 0 Å². The molecule has 3 aliphatic heterocycles. The molecule has 0 radical (unpaired) electrons. The summed E-state index contributed by atoms with van der Waals surface area (Å²) in [5.41, 5.74) is 0.491. The van der Waals surface area contributed by atoms with Crippen molar-refractivity contribution >= 4 is 52.6 Å². The normalized spacial score (nSPS) is 24.8. The van der Waals surface area contributed by atoms with Gasteiger partial charge in [-0.15, -0.1) is 11.3 Å². The molecule has 368 valence electrons. The Morgan fingerprint density at radius 2 is 1.73 bits per heavy atom. The molecule has 2 aromatic carbocycles. The van der Waals surface area contributed by atoms with Crippen LogP contribution in [0.3, 0.4) is 0 Å². The number of esters is 1. The van der Waals surface area contributed by atoms with E-state index < -0.39 is 80.8 Å². The van der Waals surface area contributed by atoms with E-state index in [9.17, 15) is 50.1 Å². The number of nitrogens with one attached hydrogen (secondary N) is 2. The van der Waals surface area contributed by atoms with Gasteiger partial charge in [0, 0.05) is 41.2 Å². The van der Waals surface area contributed by atoms with E-state index in [1.165, 1.54) is 24.3 Å². The van der Waals surface area contributed by atoms with Crippen molar-refractivity contribution in [2.24, 2.45) is 0 Å². The Kier molecular flexibility index (Phi) is 15.5. The summed E-state index contributed by atoms with van der Waals surface area (Å²) in [5, 5.41) is 5.22. The summed E-state index contributed by atoms with van der Waals surface area (Å²) in [6.45, 7) is 1.41. The molecule has 7 rings (SSSR count). The highest BCUT2D eigenvalue weighted by Gasteiger charge is 2.58. The Morgan fingerprint density at radius 1 is 1.00 bits per heavy atom. The Hall–Kier alpha value is -4.10. The van der Waals surface area contributed by atoms with Gasteiger partial charge < -0.3 is 29.3 Å². The lowest BCUT2D eigenvalue weighted by Gasteiger charge is -2.41. The standard InChI is InChI=1S/C46H57F7N5O7PS/c1-4-21-64-43(62)28(2)55-66(63,65-27-46(51,52)53)39(47)30-11-16-37-31(22-30)23-38(67-37)40(59)54-35-14-12-33(56(3)20-8-17-45(48,49)50)24-34-13-15-36(58(34)41(35)60)42(61)57-26-32(25-44(57)18-19-44)29-9-6-5-7-10-29/h5-7,9-11,16,22-23,28,32-36,39H,4,8,12-15,17-21,24-27H2,1-3H3,(H,54,59)(H,55,63)/t28-,32+,33-,34+,35-,36-,39+,66?/m0/s1. The van der Waals surface area contributed by atoms with Crippen molar-refractivity contribution in [3.05, 3.63) is 70.6 Å². The second kappa shape index (κ2) is 20.5. The van der Waals surface area contributed by atoms with Gasteiger partial charge >= 0.3 is 25.8 Å². The van der Waals surface area contributed by atoms with Crippen molar-refractivity contribution in [3.8, 4) is 0 Å². The first-order chi connectivity index (χ1) is 31.6. The molecule has 0 bridgehead atoms. The van der Waals surface area contributed by atoms with Gasteiger partial charge in [-0.25, -0.2) is 9.48 Å². The summed E-state index contributed by atoms with van der Waals surface area (Å²) in [4.78, 5) is 61.5.